The molecule has 2 heterocycles. The number of hydrogen-bond donors (Lipinski definition) is 0. The van der Waals surface area contributed by atoms with Gasteiger partial charge in [0, 0.05) is 22.7 Å². The number of carbonyl (C=O) groups is 1. The highest BCUT2D eigenvalue weighted by Gasteiger charge is 2.33. The molecule has 1 amide bonds. The first-order valence-corrected chi connectivity index (χ1v) is 13.4. The summed E-state index contributed by atoms with van der Waals surface area (Å²) >= 11 is 6.88. The van der Waals surface area contributed by atoms with Crippen molar-refractivity contribution in [3.8, 4) is 5.75 Å². The van der Waals surface area contributed by atoms with Crippen LogP contribution < -0.4 is 9.64 Å². The molecule has 0 unspecified atom stereocenters. The fraction of sp³-hybridized carbons (Fsp3) is 0.200. The normalized spacial score (nSPS) is 15.7. The number of anilines is 1. The number of amides is 1. The Morgan fingerprint density at radius 3 is 2.47 bits per heavy atom. The molecule has 1 saturated heterocycles. The van der Waals surface area contributed by atoms with E-state index in [4.69, 9.17) is 17.0 Å². The van der Waals surface area contributed by atoms with Gasteiger partial charge in [-0.1, -0.05) is 86.4 Å². The van der Waals surface area contributed by atoms with Gasteiger partial charge in [-0.15, -0.1) is 0 Å². The third kappa shape index (κ3) is 4.97. The van der Waals surface area contributed by atoms with Gasteiger partial charge in [0.15, 0.2) is 4.32 Å². The lowest BCUT2D eigenvalue weighted by Gasteiger charge is -2.13. The number of benzene rings is 3. The van der Waals surface area contributed by atoms with Crippen LogP contribution in [0, 0.1) is 0 Å². The van der Waals surface area contributed by atoms with E-state index >= 15 is 0 Å². The number of para-hydroxylation sites is 2. The van der Waals surface area contributed by atoms with Gasteiger partial charge in [-0.3, -0.25) is 9.69 Å². The minimum atomic E-state index is -0.0859. The van der Waals surface area contributed by atoms with E-state index in [2.05, 4.69) is 61.0 Å². The summed E-state index contributed by atoms with van der Waals surface area (Å²) < 4.78 is 8.78. The summed E-state index contributed by atoms with van der Waals surface area (Å²) in [4.78, 5) is 15.4. The third-order valence-electron chi connectivity index (χ3n) is 6.58. The summed E-state index contributed by atoms with van der Waals surface area (Å²) in [6.07, 6.45) is 5.17. The molecule has 1 aliphatic heterocycles. The lowest BCUT2D eigenvalue weighted by molar-refractivity contribution is -0.113. The molecule has 182 valence electrons. The highest BCUT2D eigenvalue weighted by molar-refractivity contribution is 8.27. The zero-order valence-corrected chi connectivity index (χ0v) is 22.0. The number of thioether (sulfide) groups is 1. The first kappa shape index (κ1) is 24.3. The zero-order valence-electron chi connectivity index (χ0n) is 20.4. The van der Waals surface area contributed by atoms with Gasteiger partial charge in [0.25, 0.3) is 5.91 Å². The number of carbonyl (C=O) groups excluding carboxylic acids is 1. The van der Waals surface area contributed by atoms with Gasteiger partial charge in [-0.2, -0.15) is 0 Å². The van der Waals surface area contributed by atoms with Crippen LogP contribution in [-0.2, 0) is 11.3 Å². The summed E-state index contributed by atoms with van der Waals surface area (Å²) in [6, 6.07) is 26.2. The number of aromatic nitrogens is 1. The maximum absolute atomic E-state index is 13.2. The fourth-order valence-corrected chi connectivity index (χ4v) is 5.66. The molecule has 1 fully saturated rings. The second-order valence-electron chi connectivity index (χ2n) is 8.87. The van der Waals surface area contributed by atoms with Crippen LogP contribution in [0.5, 0.6) is 5.75 Å². The van der Waals surface area contributed by atoms with Gasteiger partial charge in [0.1, 0.15) is 12.4 Å². The van der Waals surface area contributed by atoms with Gasteiger partial charge in [-0.25, -0.2) is 0 Å². The maximum Gasteiger partial charge on any atom is 0.270 e. The molecular formula is C30H28N2O2S2. The molecule has 0 aliphatic carbocycles. The molecule has 0 spiro atoms. The Morgan fingerprint density at radius 1 is 1.00 bits per heavy atom. The van der Waals surface area contributed by atoms with Gasteiger partial charge >= 0.3 is 0 Å². The largest absolute Gasteiger partial charge is 0.492 e. The van der Waals surface area contributed by atoms with E-state index < -0.39 is 0 Å². The first-order valence-electron chi connectivity index (χ1n) is 12.2. The molecule has 4 nitrogen and oxygen atoms in total. The fourth-order valence-electron chi connectivity index (χ4n) is 4.37. The number of ether oxygens (including phenoxy) is 1. The lowest BCUT2D eigenvalue weighted by Crippen LogP contribution is -2.27. The number of nitrogens with zero attached hydrogens (tertiary/aromatic N) is 2. The van der Waals surface area contributed by atoms with Crippen molar-refractivity contribution in [3.05, 3.63) is 101 Å². The number of rotatable bonds is 8. The molecule has 1 aromatic heterocycles. The number of hydrogen-bond acceptors (Lipinski definition) is 4. The van der Waals surface area contributed by atoms with E-state index in [1.54, 1.807) is 4.90 Å². The Labute approximate surface area is 221 Å². The molecule has 1 atom stereocenters. The first-order chi connectivity index (χ1) is 17.5. The van der Waals surface area contributed by atoms with E-state index in [1.807, 2.05) is 48.5 Å². The molecule has 36 heavy (non-hydrogen) atoms. The second-order valence-corrected chi connectivity index (χ2v) is 10.6. The summed E-state index contributed by atoms with van der Waals surface area (Å²) in [6.45, 7) is 5.70. The van der Waals surface area contributed by atoms with E-state index in [0.717, 1.165) is 34.3 Å². The smallest absolute Gasteiger partial charge is 0.270 e. The highest BCUT2D eigenvalue weighted by Crippen LogP contribution is 2.37. The molecule has 0 saturated carbocycles. The standard InChI is InChI=1S/C30H28N2O2S2/c1-3-21(2)22-13-15-25(16-14-22)34-18-17-31-20-23(26-11-7-8-12-27(26)31)19-28-29(33)32(30(35)36-28)24-9-5-4-6-10-24/h4-16,19-21H,3,17-18H2,1-2H3/b28-19+/t21-/m0/s1. The van der Waals surface area contributed by atoms with Crippen molar-refractivity contribution in [2.45, 2.75) is 32.7 Å². The van der Waals surface area contributed by atoms with Crippen molar-refractivity contribution in [2.75, 3.05) is 11.5 Å². The maximum atomic E-state index is 13.2. The van der Waals surface area contributed by atoms with Crippen LogP contribution in [0.1, 0.15) is 37.3 Å². The Hall–Kier alpha value is -3.35. The minimum absolute atomic E-state index is 0.0859. The van der Waals surface area contributed by atoms with E-state index in [-0.39, 0.29) is 5.91 Å². The van der Waals surface area contributed by atoms with E-state index in [9.17, 15) is 4.79 Å². The van der Waals surface area contributed by atoms with Crippen LogP contribution in [-0.4, -0.2) is 21.4 Å². The predicted molar refractivity (Wildman–Crippen MR) is 155 cm³/mol. The SMILES string of the molecule is CC[C@H](C)c1ccc(OCCn2cc(/C=C3/SC(=S)N(c4ccccc4)C3=O)c3ccccc32)cc1. The highest BCUT2D eigenvalue weighted by atomic mass is 32.2. The summed E-state index contributed by atoms with van der Waals surface area (Å²) in [5.41, 5.74) is 4.24. The van der Waals surface area contributed by atoms with Crippen molar-refractivity contribution in [1.82, 2.24) is 4.57 Å². The van der Waals surface area contributed by atoms with Gasteiger partial charge in [0.05, 0.1) is 17.1 Å². The molecule has 4 aromatic rings. The van der Waals surface area contributed by atoms with Crippen LogP contribution in [0.3, 0.4) is 0 Å². The summed E-state index contributed by atoms with van der Waals surface area (Å²) in [7, 11) is 0. The van der Waals surface area contributed by atoms with E-state index in [1.165, 1.54) is 17.3 Å². The quantitative estimate of drug-likeness (QED) is 0.179. The van der Waals surface area contributed by atoms with Gasteiger partial charge < -0.3 is 9.30 Å². The Bertz CT molecular complexity index is 1420. The molecular weight excluding hydrogens is 484 g/mol. The van der Waals surface area contributed by atoms with Crippen molar-refractivity contribution in [1.29, 1.82) is 0 Å². The predicted octanol–water partition coefficient (Wildman–Crippen LogP) is 7.64. The summed E-state index contributed by atoms with van der Waals surface area (Å²) in [5, 5.41) is 1.10. The Kier molecular flexibility index (Phi) is 7.25. The van der Waals surface area contributed by atoms with Gasteiger partial charge in [-0.05, 0) is 54.3 Å². The lowest BCUT2D eigenvalue weighted by atomic mass is 9.99. The molecule has 6 heteroatoms. The summed E-state index contributed by atoms with van der Waals surface area (Å²) in [5.74, 6) is 1.34. The van der Waals surface area contributed by atoms with Crippen LogP contribution >= 0.6 is 24.0 Å². The minimum Gasteiger partial charge on any atom is -0.492 e. The zero-order chi connectivity index (χ0) is 25.1. The molecule has 0 bridgehead atoms. The average Bonchev–Trinajstić information content (AvgIpc) is 3.40. The number of thiocarbonyl (C=S) groups is 1. The Balaban J connectivity index is 1.34. The van der Waals surface area contributed by atoms with Crippen molar-refractivity contribution in [2.24, 2.45) is 0 Å². The molecule has 0 N–H and O–H groups in total. The molecule has 3 aromatic carbocycles. The van der Waals surface area contributed by atoms with Crippen LogP contribution in [0.4, 0.5) is 5.69 Å². The van der Waals surface area contributed by atoms with Crippen LogP contribution in [0.15, 0.2) is 90.0 Å². The Morgan fingerprint density at radius 2 is 1.72 bits per heavy atom. The van der Waals surface area contributed by atoms with Crippen molar-refractivity contribution < 1.29 is 9.53 Å². The van der Waals surface area contributed by atoms with Crippen molar-refractivity contribution >= 4 is 56.9 Å². The second kappa shape index (κ2) is 10.7. The van der Waals surface area contributed by atoms with Gasteiger partial charge in [0.2, 0.25) is 0 Å². The topological polar surface area (TPSA) is 34.5 Å². The molecule has 0 radical (unpaired) electrons. The number of fused-ring (bicyclic) bond motifs is 1. The molecule has 5 rings (SSSR count). The molecule has 1 aliphatic rings. The van der Waals surface area contributed by atoms with Crippen LogP contribution in [0.2, 0.25) is 0 Å². The van der Waals surface area contributed by atoms with Crippen LogP contribution in [0.25, 0.3) is 17.0 Å². The monoisotopic (exact) mass is 512 g/mol. The third-order valence-corrected chi connectivity index (χ3v) is 7.88. The average molecular weight is 513 g/mol. The van der Waals surface area contributed by atoms with E-state index in [0.29, 0.717) is 28.3 Å². The van der Waals surface area contributed by atoms with Crippen molar-refractivity contribution in [3.63, 3.8) is 0 Å².